The fourth-order valence-electron chi connectivity index (χ4n) is 3.84. The Labute approximate surface area is 174 Å². The van der Waals surface area contributed by atoms with Gasteiger partial charge >= 0.3 is 0 Å². The van der Waals surface area contributed by atoms with Gasteiger partial charge in [-0.05, 0) is 49.8 Å². The van der Waals surface area contributed by atoms with Crippen LogP contribution in [0.4, 0.5) is 0 Å². The summed E-state index contributed by atoms with van der Waals surface area (Å²) in [6.45, 7) is 4.81. The van der Waals surface area contributed by atoms with Crippen LogP contribution in [0, 0.1) is 5.41 Å². The normalized spacial score (nSPS) is 16.2. The van der Waals surface area contributed by atoms with E-state index in [9.17, 15) is 9.90 Å². The van der Waals surface area contributed by atoms with Crippen LogP contribution >= 0.6 is 0 Å². The third-order valence-corrected chi connectivity index (χ3v) is 5.51. The molecule has 1 amide bonds. The van der Waals surface area contributed by atoms with E-state index in [-0.39, 0.29) is 17.9 Å². The molecule has 0 aromatic heterocycles. The van der Waals surface area contributed by atoms with Crippen molar-refractivity contribution in [1.82, 2.24) is 16.0 Å². The van der Waals surface area contributed by atoms with Crippen LogP contribution < -0.4 is 20.7 Å². The quantitative estimate of drug-likeness (QED) is 0.273. The van der Waals surface area contributed by atoms with Crippen LogP contribution in [0.1, 0.15) is 55.8 Å². The van der Waals surface area contributed by atoms with E-state index in [1.165, 1.54) is 19.3 Å². The van der Waals surface area contributed by atoms with Crippen LogP contribution in [-0.4, -0.2) is 56.9 Å². The third kappa shape index (κ3) is 7.57. The molecule has 0 spiro atoms. The predicted octanol–water partition coefficient (Wildman–Crippen LogP) is 2.31. The van der Waals surface area contributed by atoms with Crippen LogP contribution in [0.3, 0.4) is 0 Å². The van der Waals surface area contributed by atoms with E-state index in [0.717, 1.165) is 38.3 Å². The first-order valence-electron chi connectivity index (χ1n) is 10.7. The summed E-state index contributed by atoms with van der Waals surface area (Å²) in [5.41, 5.74) is 0.698. The number of benzene rings is 1. The Morgan fingerprint density at radius 1 is 1.17 bits per heavy atom. The lowest BCUT2D eigenvalue weighted by atomic mass is 9.72. The number of guanidine groups is 1. The fraction of sp³-hybridized carbons (Fsp3) is 0.636. The summed E-state index contributed by atoms with van der Waals surface area (Å²) in [7, 11) is 1.58. The minimum Gasteiger partial charge on any atom is -0.497 e. The molecule has 0 radical (unpaired) electrons. The molecule has 1 aliphatic rings. The summed E-state index contributed by atoms with van der Waals surface area (Å²) in [6.07, 6.45) is 6.79. The largest absolute Gasteiger partial charge is 0.497 e. The summed E-state index contributed by atoms with van der Waals surface area (Å²) in [4.78, 5) is 17.0. The second-order valence-electron chi connectivity index (χ2n) is 7.64. The first-order chi connectivity index (χ1) is 14.1. The fourth-order valence-corrected chi connectivity index (χ4v) is 3.84. The smallest absolute Gasteiger partial charge is 0.251 e. The first-order valence-corrected chi connectivity index (χ1v) is 10.7. The number of hydrogen-bond acceptors (Lipinski definition) is 4. The molecule has 0 unspecified atom stereocenters. The van der Waals surface area contributed by atoms with Gasteiger partial charge in [-0.25, -0.2) is 0 Å². The molecule has 1 aromatic carbocycles. The van der Waals surface area contributed by atoms with Gasteiger partial charge in [-0.15, -0.1) is 0 Å². The van der Waals surface area contributed by atoms with Crippen LogP contribution in [0.5, 0.6) is 5.75 Å². The minimum absolute atomic E-state index is 0.121. The molecule has 0 saturated heterocycles. The van der Waals surface area contributed by atoms with Crippen molar-refractivity contribution in [2.24, 2.45) is 10.4 Å². The SMILES string of the molecule is CCNC(=NCC1(CCO)CCCCC1)NCCNC(=O)c1cccc(OC)c1. The number of aliphatic imine (C=N–C) groups is 1. The number of carbonyl (C=O) groups is 1. The number of aliphatic hydroxyl groups excluding tert-OH is 1. The number of amides is 1. The molecule has 2 rings (SSSR count). The van der Waals surface area contributed by atoms with E-state index in [2.05, 4.69) is 16.0 Å². The highest BCUT2D eigenvalue weighted by Crippen LogP contribution is 2.39. The van der Waals surface area contributed by atoms with E-state index in [0.29, 0.717) is 24.4 Å². The summed E-state index contributed by atoms with van der Waals surface area (Å²) in [5.74, 6) is 1.29. The van der Waals surface area contributed by atoms with E-state index >= 15 is 0 Å². The average Bonchev–Trinajstić information content (AvgIpc) is 2.75. The summed E-state index contributed by atoms with van der Waals surface area (Å²) in [6, 6.07) is 7.10. The number of rotatable bonds is 10. The molecule has 4 N–H and O–H groups in total. The van der Waals surface area contributed by atoms with Crippen molar-refractivity contribution in [3.05, 3.63) is 29.8 Å². The number of hydrogen-bond donors (Lipinski definition) is 4. The van der Waals surface area contributed by atoms with E-state index < -0.39 is 0 Å². The molecule has 0 atom stereocenters. The zero-order valence-corrected chi connectivity index (χ0v) is 17.8. The van der Waals surface area contributed by atoms with Gasteiger partial charge in [-0.3, -0.25) is 9.79 Å². The molecule has 1 aromatic rings. The molecule has 1 fully saturated rings. The molecule has 162 valence electrons. The summed E-state index contributed by atoms with van der Waals surface area (Å²) in [5, 5.41) is 18.9. The van der Waals surface area contributed by atoms with E-state index in [4.69, 9.17) is 9.73 Å². The van der Waals surface area contributed by atoms with Crippen molar-refractivity contribution >= 4 is 11.9 Å². The lowest BCUT2D eigenvalue weighted by Crippen LogP contribution is -2.42. The van der Waals surface area contributed by atoms with Crippen LogP contribution in [0.25, 0.3) is 0 Å². The molecule has 7 heteroatoms. The standard InChI is InChI=1S/C22H36N4O3/c1-3-23-21(26-17-22(12-15-27)10-5-4-6-11-22)25-14-13-24-20(28)18-8-7-9-19(16-18)29-2/h7-9,16,27H,3-6,10-15,17H2,1-2H3,(H,24,28)(H2,23,25,26). The molecule has 0 bridgehead atoms. The Hall–Kier alpha value is -2.28. The predicted molar refractivity (Wildman–Crippen MR) is 117 cm³/mol. The van der Waals surface area contributed by atoms with Crippen LogP contribution in [0.15, 0.2) is 29.3 Å². The maximum Gasteiger partial charge on any atom is 0.251 e. The Kier molecular flexibility index (Phi) is 9.77. The summed E-state index contributed by atoms with van der Waals surface area (Å²) >= 11 is 0. The number of methoxy groups -OCH3 is 1. The van der Waals surface area contributed by atoms with Gasteiger partial charge in [-0.1, -0.05) is 25.3 Å². The van der Waals surface area contributed by atoms with E-state index in [1.807, 2.05) is 13.0 Å². The zero-order valence-electron chi connectivity index (χ0n) is 17.8. The maximum atomic E-state index is 12.3. The molecule has 1 saturated carbocycles. The highest BCUT2D eigenvalue weighted by molar-refractivity contribution is 5.94. The van der Waals surface area contributed by atoms with Gasteiger partial charge in [0.25, 0.3) is 5.91 Å². The lowest BCUT2D eigenvalue weighted by Gasteiger charge is -2.35. The topological polar surface area (TPSA) is 95.0 Å². The van der Waals surface area contributed by atoms with Gasteiger partial charge in [0.1, 0.15) is 5.75 Å². The minimum atomic E-state index is -0.128. The molecule has 29 heavy (non-hydrogen) atoms. The van der Waals surface area contributed by atoms with Gasteiger partial charge in [0.15, 0.2) is 5.96 Å². The van der Waals surface area contributed by atoms with Crippen molar-refractivity contribution < 1.29 is 14.6 Å². The van der Waals surface area contributed by atoms with Crippen LogP contribution in [0.2, 0.25) is 0 Å². The highest BCUT2D eigenvalue weighted by Gasteiger charge is 2.31. The number of ether oxygens (including phenoxy) is 1. The highest BCUT2D eigenvalue weighted by atomic mass is 16.5. The van der Waals surface area contributed by atoms with Crippen LogP contribution in [-0.2, 0) is 0 Å². The molecule has 0 heterocycles. The second kappa shape index (κ2) is 12.3. The second-order valence-corrected chi connectivity index (χ2v) is 7.64. The number of carbonyl (C=O) groups excluding carboxylic acids is 1. The molecular weight excluding hydrogens is 368 g/mol. The van der Waals surface area contributed by atoms with Gasteiger partial charge in [0, 0.05) is 38.3 Å². The Balaban J connectivity index is 1.83. The van der Waals surface area contributed by atoms with Crippen molar-refractivity contribution in [2.45, 2.75) is 45.4 Å². The average molecular weight is 405 g/mol. The van der Waals surface area contributed by atoms with Gasteiger partial charge in [0.2, 0.25) is 0 Å². The van der Waals surface area contributed by atoms with Gasteiger partial charge < -0.3 is 25.8 Å². The number of aliphatic hydroxyl groups is 1. The Bertz CT molecular complexity index is 652. The molecule has 1 aliphatic carbocycles. The maximum absolute atomic E-state index is 12.3. The van der Waals surface area contributed by atoms with E-state index in [1.54, 1.807) is 25.3 Å². The Morgan fingerprint density at radius 3 is 2.62 bits per heavy atom. The number of nitrogens with zero attached hydrogens (tertiary/aromatic N) is 1. The lowest BCUT2D eigenvalue weighted by molar-refractivity contribution is 0.0954. The van der Waals surface area contributed by atoms with Crippen molar-refractivity contribution in [2.75, 3.05) is 39.9 Å². The number of nitrogens with one attached hydrogen (secondary N) is 3. The van der Waals surface area contributed by atoms with Crippen molar-refractivity contribution in [3.8, 4) is 5.75 Å². The zero-order chi connectivity index (χ0) is 21.0. The monoisotopic (exact) mass is 404 g/mol. The third-order valence-electron chi connectivity index (χ3n) is 5.51. The van der Waals surface area contributed by atoms with Crippen molar-refractivity contribution in [3.63, 3.8) is 0 Å². The molecule has 7 nitrogen and oxygen atoms in total. The molecule has 0 aliphatic heterocycles. The van der Waals surface area contributed by atoms with Gasteiger partial charge in [-0.2, -0.15) is 0 Å². The first kappa shape index (κ1) is 23.0. The van der Waals surface area contributed by atoms with Crippen molar-refractivity contribution in [1.29, 1.82) is 0 Å². The van der Waals surface area contributed by atoms with Gasteiger partial charge in [0.05, 0.1) is 7.11 Å². The summed E-state index contributed by atoms with van der Waals surface area (Å²) < 4.78 is 5.16. The Morgan fingerprint density at radius 2 is 1.93 bits per heavy atom. The molecular formula is C22H36N4O3.